The second-order valence-corrected chi connectivity index (χ2v) is 8.65. The number of aryl methyl sites for hydroxylation is 1. The molecule has 152 valence electrons. The van der Waals surface area contributed by atoms with Crippen molar-refractivity contribution in [2.24, 2.45) is 17.8 Å². The molecule has 4 rings (SSSR count). The number of fused-ring (bicyclic) bond motifs is 1. The van der Waals surface area contributed by atoms with Crippen molar-refractivity contribution in [2.75, 3.05) is 13.1 Å². The molecular weight excluding hydrogens is 356 g/mol. The first-order valence-electron chi connectivity index (χ1n) is 10.3. The first-order valence-corrected chi connectivity index (χ1v) is 10.3. The van der Waals surface area contributed by atoms with Gasteiger partial charge in [0.05, 0.1) is 17.8 Å². The van der Waals surface area contributed by atoms with Crippen LogP contribution in [0.4, 0.5) is 0 Å². The number of aliphatic hydroxyl groups is 1. The van der Waals surface area contributed by atoms with Crippen molar-refractivity contribution in [3.63, 3.8) is 0 Å². The second kappa shape index (κ2) is 7.66. The van der Waals surface area contributed by atoms with E-state index in [1.807, 2.05) is 22.6 Å². The molecule has 2 fully saturated rings. The molecule has 2 aliphatic rings. The Kier molecular flexibility index (Phi) is 5.23. The van der Waals surface area contributed by atoms with Gasteiger partial charge in [-0.05, 0) is 50.0 Å². The summed E-state index contributed by atoms with van der Waals surface area (Å²) in [4.78, 5) is 19.2. The van der Waals surface area contributed by atoms with Gasteiger partial charge in [0.1, 0.15) is 18.3 Å². The smallest absolute Gasteiger partial charge is 0.272 e. The number of rotatable bonds is 5. The van der Waals surface area contributed by atoms with Gasteiger partial charge in [0, 0.05) is 19.6 Å². The molecule has 8 heteroatoms. The van der Waals surface area contributed by atoms with Gasteiger partial charge in [0.25, 0.3) is 5.91 Å². The van der Waals surface area contributed by atoms with Crippen molar-refractivity contribution in [3.8, 4) is 0 Å². The molecule has 28 heavy (non-hydrogen) atoms. The Morgan fingerprint density at radius 2 is 2.04 bits per heavy atom. The summed E-state index contributed by atoms with van der Waals surface area (Å²) in [6, 6.07) is 1.90. The number of aliphatic hydroxyl groups excluding tert-OH is 1. The van der Waals surface area contributed by atoms with E-state index in [1.54, 1.807) is 11.0 Å². The minimum absolute atomic E-state index is 0.0578. The van der Waals surface area contributed by atoms with E-state index < -0.39 is 6.10 Å². The molecule has 2 aromatic heterocycles. The number of likely N-dealkylation sites (tertiary alicyclic amines) is 1. The van der Waals surface area contributed by atoms with Crippen molar-refractivity contribution < 1.29 is 9.90 Å². The van der Waals surface area contributed by atoms with Crippen molar-refractivity contribution >= 4 is 5.91 Å². The summed E-state index contributed by atoms with van der Waals surface area (Å²) in [5.74, 6) is 1.29. The van der Waals surface area contributed by atoms with Gasteiger partial charge in [-0.2, -0.15) is 10.2 Å². The lowest BCUT2D eigenvalue weighted by Crippen LogP contribution is -2.36. The third-order valence-electron chi connectivity index (χ3n) is 6.14. The maximum Gasteiger partial charge on any atom is 0.272 e. The highest BCUT2D eigenvalue weighted by Gasteiger charge is 2.44. The van der Waals surface area contributed by atoms with E-state index in [0.29, 0.717) is 43.0 Å². The molecular formula is C20H30N6O2. The molecule has 1 saturated carbocycles. The number of hydrogen-bond donors (Lipinski definition) is 1. The van der Waals surface area contributed by atoms with E-state index in [4.69, 9.17) is 0 Å². The Morgan fingerprint density at radius 1 is 1.29 bits per heavy atom. The van der Waals surface area contributed by atoms with Crippen LogP contribution in [0, 0.1) is 17.8 Å². The van der Waals surface area contributed by atoms with Crippen molar-refractivity contribution in [1.82, 2.24) is 29.4 Å². The Bertz CT molecular complexity index is 815. The lowest BCUT2D eigenvalue weighted by molar-refractivity contribution is 0.0304. The van der Waals surface area contributed by atoms with Crippen LogP contribution in [0.15, 0.2) is 18.7 Å². The summed E-state index contributed by atoms with van der Waals surface area (Å²) in [7, 11) is 0. The second-order valence-electron chi connectivity index (χ2n) is 8.65. The van der Waals surface area contributed by atoms with E-state index in [-0.39, 0.29) is 11.9 Å². The Balaban J connectivity index is 1.48. The number of carbonyl (C=O) groups excluding carboxylic acids is 1. The van der Waals surface area contributed by atoms with Crippen LogP contribution in [-0.2, 0) is 13.0 Å². The van der Waals surface area contributed by atoms with Crippen LogP contribution >= 0.6 is 0 Å². The normalized spacial score (nSPS) is 27.4. The first-order chi connectivity index (χ1) is 13.5. The monoisotopic (exact) mass is 386 g/mol. The summed E-state index contributed by atoms with van der Waals surface area (Å²) in [6.45, 7) is 8.47. The van der Waals surface area contributed by atoms with E-state index in [9.17, 15) is 9.90 Å². The molecule has 1 amide bonds. The predicted octanol–water partition coefficient (Wildman–Crippen LogP) is 1.78. The van der Waals surface area contributed by atoms with Gasteiger partial charge in [-0.1, -0.05) is 13.8 Å². The van der Waals surface area contributed by atoms with Gasteiger partial charge in [0.15, 0.2) is 0 Å². The average molecular weight is 387 g/mol. The number of carbonyl (C=O) groups is 1. The number of aromatic nitrogens is 5. The molecule has 1 saturated heterocycles. The van der Waals surface area contributed by atoms with Crippen molar-refractivity contribution in [1.29, 1.82) is 0 Å². The summed E-state index contributed by atoms with van der Waals surface area (Å²) >= 11 is 0. The van der Waals surface area contributed by atoms with Crippen LogP contribution in [0.1, 0.15) is 55.8 Å². The van der Waals surface area contributed by atoms with Crippen LogP contribution in [-0.4, -0.2) is 59.7 Å². The molecule has 1 aliphatic carbocycles. The summed E-state index contributed by atoms with van der Waals surface area (Å²) in [5, 5.41) is 19.4. The average Bonchev–Trinajstić information content (AvgIpc) is 3.38. The molecule has 1 N–H and O–H groups in total. The van der Waals surface area contributed by atoms with Gasteiger partial charge >= 0.3 is 0 Å². The van der Waals surface area contributed by atoms with Crippen LogP contribution in [0.5, 0.6) is 0 Å². The van der Waals surface area contributed by atoms with Crippen LogP contribution < -0.4 is 0 Å². The molecule has 0 unspecified atom stereocenters. The molecule has 0 bridgehead atoms. The molecule has 0 radical (unpaired) electrons. The lowest BCUT2D eigenvalue weighted by atomic mass is 9.77. The highest BCUT2D eigenvalue weighted by atomic mass is 16.3. The quantitative estimate of drug-likeness (QED) is 0.846. The lowest BCUT2D eigenvalue weighted by Gasteiger charge is -2.34. The minimum Gasteiger partial charge on any atom is -0.391 e. The fourth-order valence-electron chi connectivity index (χ4n) is 4.81. The molecule has 0 aromatic carbocycles. The SMILES string of the molecule is CCn1nc(CC(C)C)cc1C(=O)N1C[C@H]2C[C@@H](n3cncn3)[C@H](O)C[C@H]2C1. The third kappa shape index (κ3) is 3.57. The summed E-state index contributed by atoms with van der Waals surface area (Å²) in [5.41, 5.74) is 1.67. The molecule has 4 atom stereocenters. The first kappa shape index (κ1) is 19.1. The fourth-order valence-corrected chi connectivity index (χ4v) is 4.81. The number of hydrogen-bond acceptors (Lipinski definition) is 5. The van der Waals surface area contributed by atoms with Gasteiger partial charge in [0.2, 0.25) is 0 Å². The van der Waals surface area contributed by atoms with Crippen LogP contribution in [0.25, 0.3) is 0 Å². The standard InChI is InChI=1S/C20H30N6O2/c1-4-25-18(8-16(23-25)5-13(2)3)20(28)24-9-14-6-17(26-12-21-11-22-26)19(27)7-15(14)10-24/h8,11-15,17,19,27H,4-7,9-10H2,1-3H3/t14-,15+,17-,19-/m1/s1. The van der Waals surface area contributed by atoms with Gasteiger partial charge in [-0.25, -0.2) is 9.67 Å². The van der Waals surface area contributed by atoms with Crippen LogP contribution in [0.2, 0.25) is 0 Å². The zero-order chi connectivity index (χ0) is 19.8. The van der Waals surface area contributed by atoms with E-state index in [1.165, 1.54) is 6.33 Å². The topological polar surface area (TPSA) is 89.1 Å². The largest absolute Gasteiger partial charge is 0.391 e. The van der Waals surface area contributed by atoms with Crippen LogP contribution in [0.3, 0.4) is 0 Å². The number of amides is 1. The molecule has 2 aromatic rings. The van der Waals surface area contributed by atoms with E-state index in [2.05, 4.69) is 29.0 Å². The summed E-state index contributed by atoms with van der Waals surface area (Å²) in [6.07, 6.45) is 5.13. The Labute approximate surface area is 165 Å². The van der Waals surface area contributed by atoms with Gasteiger partial charge in [-0.3, -0.25) is 9.48 Å². The fraction of sp³-hybridized carbons (Fsp3) is 0.700. The summed E-state index contributed by atoms with van der Waals surface area (Å²) < 4.78 is 3.59. The van der Waals surface area contributed by atoms with Crippen molar-refractivity contribution in [3.05, 3.63) is 30.1 Å². The zero-order valence-corrected chi connectivity index (χ0v) is 16.9. The van der Waals surface area contributed by atoms with Crippen molar-refractivity contribution in [2.45, 2.75) is 58.7 Å². The predicted molar refractivity (Wildman–Crippen MR) is 104 cm³/mol. The molecule has 3 heterocycles. The van der Waals surface area contributed by atoms with E-state index >= 15 is 0 Å². The maximum absolute atomic E-state index is 13.2. The van der Waals surface area contributed by atoms with Gasteiger partial charge in [-0.15, -0.1) is 0 Å². The molecule has 0 spiro atoms. The number of nitrogens with zero attached hydrogens (tertiary/aromatic N) is 6. The van der Waals surface area contributed by atoms with Gasteiger partial charge < -0.3 is 10.0 Å². The molecule has 8 nitrogen and oxygen atoms in total. The highest BCUT2D eigenvalue weighted by Crippen LogP contribution is 2.41. The highest BCUT2D eigenvalue weighted by molar-refractivity contribution is 5.93. The minimum atomic E-state index is -0.447. The van der Waals surface area contributed by atoms with E-state index in [0.717, 1.165) is 25.1 Å². The third-order valence-corrected chi connectivity index (χ3v) is 6.14. The zero-order valence-electron chi connectivity index (χ0n) is 16.9. The Morgan fingerprint density at radius 3 is 2.68 bits per heavy atom. The molecule has 1 aliphatic heterocycles. The maximum atomic E-state index is 13.2. The Hall–Kier alpha value is -2.22.